The van der Waals surface area contributed by atoms with Gasteiger partial charge in [0.15, 0.2) is 0 Å². The van der Waals surface area contributed by atoms with Gasteiger partial charge in [0.25, 0.3) is 0 Å². The molecule has 1 aliphatic heterocycles. The number of likely N-dealkylation sites (tertiary alicyclic amines) is 1. The molecule has 92 valence electrons. The second-order valence-corrected chi connectivity index (χ2v) is 4.76. The molecule has 1 atom stereocenters. The summed E-state index contributed by atoms with van der Waals surface area (Å²) >= 11 is 0. The molecule has 17 heavy (non-hydrogen) atoms. The Morgan fingerprint density at radius 2 is 1.82 bits per heavy atom. The van der Waals surface area contributed by atoms with Crippen molar-refractivity contribution in [2.75, 3.05) is 13.1 Å². The summed E-state index contributed by atoms with van der Waals surface area (Å²) in [4.78, 5) is 14.5. The van der Waals surface area contributed by atoms with Gasteiger partial charge in [0.2, 0.25) is 5.91 Å². The van der Waals surface area contributed by atoms with Crippen molar-refractivity contribution < 1.29 is 4.79 Å². The van der Waals surface area contributed by atoms with Crippen molar-refractivity contribution in [3.63, 3.8) is 0 Å². The number of nitrogens with zero attached hydrogens (tertiary/aromatic N) is 1. The topological polar surface area (TPSA) is 20.3 Å². The summed E-state index contributed by atoms with van der Waals surface area (Å²) in [6, 6.07) is 10.2. The maximum absolute atomic E-state index is 12.5. The van der Waals surface area contributed by atoms with E-state index in [0.717, 1.165) is 37.9 Å². The quantitative estimate of drug-likeness (QED) is 0.782. The number of hydrogen-bond donors (Lipinski definition) is 0. The average Bonchev–Trinajstić information content (AvgIpc) is 2.42. The van der Waals surface area contributed by atoms with Crippen LogP contribution >= 0.6 is 0 Å². The molecule has 1 amide bonds. The van der Waals surface area contributed by atoms with E-state index in [1.165, 1.54) is 6.42 Å². The number of carbonyl (C=O) groups excluding carboxylic acids is 1. The van der Waals surface area contributed by atoms with Crippen molar-refractivity contribution in [2.24, 2.45) is 0 Å². The molecule has 0 saturated carbocycles. The number of hydrogen-bond acceptors (Lipinski definition) is 1. The Morgan fingerprint density at radius 3 is 2.41 bits per heavy atom. The number of rotatable bonds is 3. The number of carbonyl (C=O) groups is 1. The van der Waals surface area contributed by atoms with Crippen molar-refractivity contribution in [1.29, 1.82) is 0 Å². The summed E-state index contributed by atoms with van der Waals surface area (Å²) in [5, 5.41) is 0. The maximum atomic E-state index is 12.5. The first-order valence-corrected chi connectivity index (χ1v) is 6.66. The molecule has 1 heterocycles. The minimum atomic E-state index is 0.0503. The van der Waals surface area contributed by atoms with Crippen LogP contribution in [0.15, 0.2) is 30.3 Å². The molecule has 1 aliphatic rings. The highest BCUT2D eigenvalue weighted by atomic mass is 16.2. The van der Waals surface area contributed by atoms with E-state index in [1.807, 2.05) is 23.1 Å². The molecular formula is C15H21NO. The molecule has 1 fully saturated rings. The van der Waals surface area contributed by atoms with E-state index in [2.05, 4.69) is 19.1 Å². The maximum Gasteiger partial charge on any atom is 0.230 e. The largest absolute Gasteiger partial charge is 0.342 e. The minimum Gasteiger partial charge on any atom is -0.342 e. The molecule has 0 aromatic heterocycles. The van der Waals surface area contributed by atoms with Crippen LogP contribution in [-0.4, -0.2) is 23.9 Å². The standard InChI is InChI=1S/C15H21NO/c1-2-14(13-9-5-3-6-10-13)15(17)16-11-7-4-8-12-16/h3,5-6,9-10,14H,2,4,7-8,11-12H2,1H3. The van der Waals surface area contributed by atoms with Gasteiger partial charge >= 0.3 is 0 Å². The minimum absolute atomic E-state index is 0.0503. The lowest BCUT2D eigenvalue weighted by atomic mass is 9.94. The van der Waals surface area contributed by atoms with Gasteiger partial charge in [0.05, 0.1) is 5.92 Å². The molecule has 0 spiro atoms. The lowest BCUT2D eigenvalue weighted by molar-refractivity contribution is -0.133. The summed E-state index contributed by atoms with van der Waals surface area (Å²) in [5.41, 5.74) is 1.16. The Bertz CT molecular complexity index is 354. The molecule has 1 saturated heterocycles. The van der Waals surface area contributed by atoms with Crippen LogP contribution < -0.4 is 0 Å². The Hall–Kier alpha value is -1.31. The Labute approximate surface area is 104 Å². The molecule has 1 aromatic rings. The van der Waals surface area contributed by atoms with Gasteiger partial charge in [-0.15, -0.1) is 0 Å². The van der Waals surface area contributed by atoms with Crippen LogP contribution in [0.1, 0.15) is 44.1 Å². The van der Waals surface area contributed by atoms with E-state index < -0.39 is 0 Å². The Balaban J connectivity index is 2.10. The first-order chi connectivity index (χ1) is 8.33. The van der Waals surface area contributed by atoms with Crippen LogP contribution in [0, 0.1) is 0 Å². The summed E-state index contributed by atoms with van der Waals surface area (Å²) in [7, 11) is 0. The van der Waals surface area contributed by atoms with Crippen molar-refractivity contribution in [2.45, 2.75) is 38.5 Å². The number of piperidine rings is 1. The normalized spacial score (nSPS) is 17.8. The zero-order valence-electron chi connectivity index (χ0n) is 10.6. The van der Waals surface area contributed by atoms with Crippen LogP contribution in [-0.2, 0) is 4.79 Å². The molecule has 2 nitrogen and oxygen atoms in total. The molecule has 2 rings (SSSR count). The third kappa shape index (κ3) is 2.87. The van der Waals surface area contributed by atoms with Crippen LogP contribution in [0.5, 0.6) is 0 Å². The fourth-order valence-electron chi connectivity index (χ4n) is 2.57. The Morgan fingerprint density at radius 1 is 1.18 bits per heavy atom. The van der Waals surface area contributed by atoms with Crippen LogP contribution in [0.3, 0.4) is 0 Å². The lowest BCUT2D eigenvalue weighted by Crippen LogP contribution is -2.38. The van der Waals surface area contributed by atoms with E-state index in [-0.39, 0.29) is 5.92 Å². The van der Waals surface area contributed by atoms with E-state index in [4.69, 9.17) is 0 Å². The zero-order chi connectivity index (χ0) is 12.1. The van der Waals surface area contributed by atoms with Crippen LogP contribution in [0.25, 0.3) is 0 Å². The SMILES string of the molecule is CCC(C(=O)N1CCCCC1)c1ccccc1. The van der Waals surface area contributed by atoms with Crippen LogP contribution in [0.2, 0.25) is 0 Å². The molecule has 1 unspecified atom stereocenters. The van der Waals surface area contributed by atoms with Gasteiger partial charge in [-0.3, -0.25) is 4.79 Å². The first-order valence-electron chi connectivity index (χ1n) is 6.66. The van der Waals surface area contributed by atoms with E-state index >= 15 is 0 Å². The second-order valence-electron chi connectivity index (χ2n) is 4.76. The third-order valence-corrected chi connectivity index (χ3v) is 3.58. The molecule has 0 aliphatic carbocycles. The predicted octanol–water partition coefficient (Wildman–Crippen LogP) is 3.19. The molecule has 0 radical (unpaired) electrons. The molecule has 0 bridgehead atoms. The Kier molecular flexibility index (Phi) is 4.18. The third-order valence-electron chi connectivity index (χ3n) is 3.58. The van der Waals surface area contributed by atoms with Gasteiger partial charge in [-0.25, -0.2) is 0 Å². The van der Waals surface area contributed by atoms with Gasteiger partial charge in [0, 0.05) is 13.1 Å². The summed E-state index contributed by atoms with van der Waals surface area (Å²) in [5.74, 6) is 0.368. The highest BCUT2D eigenvalue weighted by Crippen LogP contribution is 2.23. The second kappa shape index (κ2) is 5.85. The molecule has 2 heteroatoms. The van der Waals surface area contributed by atoms with Gasteiger partial charge in [-0.05, 0) is 31.2 Å². The fraction of sp³-hybridized carbons (Fsp3) is 0.533. The molecule has 0 N–H and O–H groups in total. The number of benzene rings is 1. The van der Waals surface area contributed by atoms with Gasteiger partial charge in [0.1, 0.15) is 0 Å². The highest BCUT2D eigenvalue weighted by molar-refractivity contribution is 5.83. The van der Waals surface area contributed by atoms with Crippen molar-refractivity contribution in [3.8, 4) is 0 Å². The van der Waals surface area contributed by atoms with Crippen molar-refractivity contribution in [1.82, 2.24) is 4.90 Å². The van der Waals surface area contributed by atoms with Gasteiger partial charge in [-0.1, -0.05) is 37.3 Å². The average molecular weight is 231 g/mol. The smallest absolute Gasteiger partial charge is 0.230 e. The summed E-state index contributed by atoms with van der Waals surface area (Å²) < 4.78 is 0. The summed E-state index contributed by atoms with van der Waals surface area (Å²) in [6.07, 6.45) is 4.49. The van der Waals surface area contributed by atoms with E-state index in [1.54, 1.807) is 0 Å². The highest BCUT2D eigenvalue weighted by Gasteiger charge is 2.25. The fourth-order valence-corrected chi connectivity index (χ4v) is 2.57. The van der Waals surface area contributed by atoms with Gasteiger partial charge in [-0.2, -0.15) is 0 Å². The first kappa shape index (κ1) is 12.2. The van der Waals surface area contributed by atoms with Crippen molar-refractivity contribution >= 4 is 5.91 Å². The van der Waals surface area contributed by atoms with Gasteiger partial charge < -0.3 is 4.90 Å². The molecular weight excluding hydrogens is 210 g/mol. The van der Waals surface area contributed by atoms with Crippen LogP contribution in [0.4, 0.5) is 0 Å². The number of amides is 1. The van der Waals surface area contributed by atoms with E-state index in [9.17, 15) is 4.79 Å². The monoisotopic (exact) mass is 231 g/mol. The lowest BCUT2D eigenvalue weighted by Gasteiger charge is -2.30. The zero-order valence-corrected chi connectivity index (χ0v) is 10.6. The predicted molar refractivity (Wildman–Crippen MR) is 69.9 cm³/mol. The van der Waals surface area contributed by atoms with E-state index in [0.29, 0.717) is 5.91 Å². The summed E-state index contributed by atoms with van der Waals surface area (Å²) in [6.45, 7) is 3.99. The van der Waals surface area contributed by atoms with Crippen molar-refractivity contribution in [3.05, 3.63) is 35.9 Å². The molecule has 1 aromatic carbocycles.